The Morgan fingerprint density at radius 2 is 2.35 bits per heavy atom. The Hall–Kier alpha value is -1.37. The Morgan fingerprint density at radius 3 is 3.25 bits per heavy atom. The molecule has 3 N–H and O–H groups in total. The monoisotopic (exact) mass is 293 g/mol. The standard InChI is InChI=1S/C13H16ClN5O/c14-7-3-4-9-16-13(18-19(9)6-7)17-11-10(15)8-2-1-5-20-12(8)11/h3-4,6,8,10-12H,1-2,5,15H2,(H,17,18). The molecule has 1 saturated carbocycles. The summed E-state index contributed by atoms with van der Waals surface area (Å²) in [5.41, 5.74) is 6.97. The summed E-state index contributed by atoms with van der Waals surface area (Å²) in [5.74, 6) is 1.04. The molecule has 7 heteroatoms. The molecule has 0 radical (unpaired) electrons. The van der Waals surface area contributed by atoms with Gasteiger partial charge in [0.25, 0.3) is 0 Å². The Balaban J connectivity index is 1.55. The fourth-order valence-electron chi connectivity index (χ4n) is 3.19. The van der Waals surface area contributed by atoms with Crippen LogP contribution in [0, 0.1) is 5.92 Å². The zero-order valence-corrected chi connectivity index (χ0v) is 11.6. The van der Waals surface area contributed by atoms with Crippen molar-refractivity contribution in [2.75, 3.05) is 11.9 Å². The summed E-state index contributed by atoms with van der Waals surface area (Å²) in [6, 6.07) is 3.83. The minimum Gasteiger partial charge on any atom is -0.376 e. The summed E-state index contributed by atoms with van der Waals surface area (Å²) in [6.45, 7) is 0.820. The lowest BCUT2D eigenvalue weighted by Gasteiger charge is -2.52. The molecule has 0 aromatic carbocycles. The van der Waals surface area contributed by atoms with Crippen molar-refractivity contribution in [3.8, 4) is 0 Å². The van der Waals surface area contributed by atoms with E-state index in [2.05, 4.69) is 15.4 Å². The second-order valence-electron chi connectivity index (χ2n) is 5.47. The molecule has 2 fully saturated rings. The van der Waals surface area contributed by atoms with Crippen LogP contribution in [0.5, 0.6) is 0 Å². The van der Waals surface area contributed by atoms with Crippen molar-refractivity contribution < 1.29 is 4.74 Å². The maximum absolute atomic E-state index is 6.22. The summed E-state index contributed by atoms with van der Waals surface area (Å²) in [7, 11) is 0. The highest BCUT2D eigenvalue weighted by Crippen LogP contribution is 2.38. The second kappa shape index (κ2) is 4.58. The van der Waals surface area contributed by atoms with E-state index < -0.39 is 0 Å². The van der Waals surface area contributed by atoms with Crippen molar-refractivity contribution >= 4 is 23.2 Å². The number of ether oxygens (including phenoxy) is 1. The van der Waals surface area contributed by atoms with Crippen molar-refractivity contribution in [3.05, 3.63) is 23.4 Å². The van der Waals surface area contributed by atoms with E-state index in [4.69, 9.17) is 22.1 Å². The molecule has 4 unspecified atom stereocenters. The fourth-order valence-corrected chi connectivity index (χ4v) is 3.35. The van der Waals surface area contributed by atoms with Crippen molar-refractivity contribution in [1.82, 2.24) is 14.6 Å². The molecule has 4 atom stereocenters. The molecule has 106 valence electrons. The molecule has 2 aromatic heterocycles. The maximum Gasteiger partial charge on any atom is 0.243 e. The largest absolute Gasteiger partial charge is 0.376 e. The van der Waals surface area contributed by atoms with Crippen LogP contribution in [0.25, 0.3) is 5.65 Å². The van der Waals surface area contributed by atoms with Gasteiger partial charge in [0.15, 0.2) is 5.65 Å². The van der Waals surface area contributed by atoms with Gasteiger partial charge in [-0.15, -0.1) is 5.10 Å². The van der Waals surface area contributed by atoms with Gasteiger partial charge in [0, 0.05) is 24.8 Å². The van der Waals surface area contributed by atoms with Crippen LogP contribution in [0.1, 0.15) is 12.8 Å². The lowest BCUT2D eigenvalue weighted by atomic mass is 9.69. The van der Waals surface area contributed by atoms with Gasteiger partial charge in [-0.1, -0.05) is 11.6 Å². The van der Waals surface area contributed by atoms with Crippen LogP contribution < -0.4 is 11.1 Å². The van der Waals surface area contributed by atoms with Gasteiger partial charge < -0.3 is 15.8 Å². The topological polar surface area (TPSA) is 77.5 Å². The molecular weight excluding hydrogens is 278 g/mol. The normalized spacial score (nSPS) is 32.7. The predicted molar refractivity (Wildman–Crippen MR) is 75.8 cm³/mol. The second-order valence-corrected chi connectivity index (χ2v) is 5.91. The fraction of sp³-hybridized carbons (Fsp3) is 0.538. The Bertz CT molecular complexity index is 645. The molecule has 6 nitrogen and oxygen atoms in total. The third kappa shape index (κ3) is 1.87. The highest BCUT2D eigenvalue weighted by atomic mass is 35.5. The van der Waals surface area contributed by atoms with Gasteiger partial charge in [0.1, 0.15) is 0 Å². The third-order valence-electron chi connectivity index (χ3n) is 4.27. The van der Waals surface area contributed by atoms with E-state index in [9.17, 15) is 0 Å². The smallest absolute Gasteiger partial charge is 0.243 e. The first-order valence-electron chi connectivity index (χ1n) is 6.88. The van der Waals surface area contributed by atoms with Gasteiger partial charge in [-0.2, -0.15) is 4.98 Å². The number of fused-ring (bicyclic) bond motifs is 2. The SMILES string of the molecule is NC1C2CCCOC2C1Nc1nc2ccc(Cl)cn2n1. The molecule has 1 saturated heterocycles. The predicted octanol–water partition coefficient (Wildman–Crippen LogP) is 1.30. The molecule has 0 amide bonds. The highest BCUT2D eigenvalue weighted by molar-refractivity contribution is 6.30. The van der Waals surface area contributed by atoms with Crippen LogP contribution in [0.4, 0.5) is 5.95 Å². The molecule has 0 spiro atoms. The molecule has 1 aliphatic carbocycles. The van der Waals surface area contributed by atoms with Crippen LogP contribution in [0.3, 0.4) is 0 Å². The number of rotatable bonds is 2. The third-order valence-corrected chi connectivity index (χ3v) is 4.49. The molecule has 0 bridgehead atoms. The van der Waals surface area contributed by atoms with E-state index >= 15 is 0 Å². The minimum atomic E-state index is 0.0909. The zero-order chi connectivity index (χ0) is 13.7. The molecular formula is C13H16ClN5O. The molecule has 3 heterocycles. The van der Waals surface area contributed by atoms with Gasteiger partial charge in [0.2, 0.25) is 5.95 Å². The molecule has 4 rings (SSSR count). The zero-order valence-electron chi connectivity index (χ0n) is 10.9. The average Bonchev–Trinajstić information content (AvgIpc) is 2.86. The van der Waals surface area contributed by atoms with E-state index in [-0.39, 0.29) is 18.2 Å². The number of hydrogen-bond donors (Lipinski definition) is 2. The number of nitrogens with one attached hydrogen (secondary N) is 1. The van der Waals surface area contributed by atoms with Gasteiger partial charge in [0.05, 0.1) is 17.2 Å². The van der Waals surface area contributed by atoms with Crippen molar-refractivity contribution in [2.45, 2.75) is 31.0 Å². The van der Waals surface area contributed by atoms with E-state index in [0.717, 1.165) is 25.1 Å². The highest BCUT2D eigenvalue weighted by Gasteiger charge is 2.50. The summed E-state index contributed by atoms with van der Waals surface area (Å²) in [4.78, 5) is 4.42. The summed E-state index contributed by atoms with van der Waals surface area (Å²) in [5, 5.41) is 8.30. The summed E-state index contributed by atoms with van der Waals surface area (Å²) >= 11 is 5.94. The first-order chi connectivity index (χ1) is 9.72. The van der Waals surface area contributed by atoms with E-state index in [1.54, 1.807) is 16.8 Å². The van der Waals surface area contributed by atoms with Crippen LogP contribution in [0.15, 0.2) is 18.3 Å². The van der Waals surface area contributed by atoms with Crippen molar-refractivity contribution in [1.29, 1.82) is 0 Å². The van der Waals surface area contributed by atoms with E-state index in [0.29, 0.717) is 16.9 Å². The number of hydrogen-bond acceptors (Lipinski definition) is 5. The Kier molecular flexibility index (Phi) is 2.83. The van der Waals surface area contributed by atoms with Gasteiger partial charge in [-0.25, -0.2) is 4.52 Å². The Labute approximate surface area is 121 Å². The van der Waals surface area contributed by atoms with E-state index in [1.807, 2.05) is 6.07 Å². The first kappa shape index (κ1) is 12.4. The van der Waals surface area contributed by atoms with E-state index in [1.165, 1.54) is 0 Å². The number of pyridine rings is 1. The number of nitrogens with zero attached hydrogens (tertiary/aromatic N) is 3. The van der Waals surface area contributed by atoms with Crippen LogP contribution in [0.2, 0.25) is 5.02 Å². The lowest BCUT2D eigenvalue weighted by Crippen LogP contribution is -2.69. The molecule has 2 aliphatic rings. The first-order valence-corrected chi connectivity index (χ1v) is 7.26. The van der Waals surface area contributed by atoms with Crippen LogP contribution in [-0.2, 0) is 4.74 Å². The Morgan fingerprint density at radius 1 is 1.45 bits per heavy atom. The molecule has 2 aromatic rings. The van der Waals surface area contributed by atoms with Gasteiger partial charge >= 0.3 is 0 Å². The van der Waals surface area contributed by atoms with Crippen molar-refractivity contribution in [3.63, 3.8) is 0 Å². The number of halogens is 1. The van der Waals surface area contributed by atoms with Crippen LogP contribution in [-0.4, -0.2) is 39.4 Å². The van der Waals surface area contributed by atoms with Crippen LogP contribution >= 0.6 is 11.6 Å². The number of aromatic nitrogens is 3. The summed E-state index contributed by atoms with van der Waals surface area (Å²) in [6.07, 6.45) is 4.18. The quantitative estimate of drug-likeness (QED) is 0.873. The number of nitrogens with two attached hydrogens (primary N) is 1. The number of anilines is 1. The molecule has 20 heavy (non-hydrogen) atoms. The maximum atomic E-state index is 6.22. The van der Waals surface area contributed by atoms with Gasteiger partial charge in [-0.05, 0) is 25.0 Å². The molecule has 1 aliphatic heterocycles. The minimum absolute atomic E-state index is 0.0909. The van der Waals surface area contributed by atoms with Gasteiger partial charge in [-0.3, -0.25) is 0 Å². The summed E-state index contributed by atoms with van der Waals surface area (Å²) < 4.78 is 7.46. The average molecular weight is 294 g/mol. The lowest BCUT2D eigenvalue weighted by molar-refractivity contribution is -0.104. The van der Waals surface area contributed by atoms with Crippen molar-refractivity contribution in [2.24, 2.45) is 11.7 Å².